The summed E-state index contributed by atoms with van der Waals surface area (Å²) in [7, 11) is 0. The molecule has 0 atom stereocenters. The highest BCUT2D eigenvalue weighted by Gasteiger charge is 1.98. The zero-order chi connectivity index (χ0) is 45.2. The van der Waals surface area contributed by atoms with Gasteiger partial charge in [-0.25, -0.2) is 0 Å². The molecule has 0 aromatic heterocycles. The molecule has 4 nitrogen and oxygen atoms in total. The molecule has 0 radical (unpaired) electrons. The van der Waals surface area contributed by atoms with Crippen LogP contribution in [0.25, 0.3) is 0 Å². The van der Waals surface area contributed by atoms with Crippen molar-refractivity contribution in [3.63, 3.8) is 0 Å². The first-order valence-corrected chi connectivity index (χ1v) is 5.11. The highest BCUT2D eigenvalue weighted by Crippen LogP contribution is 2.13. The average Bonchev–Trinajstić information content (AvgIpc) is 2.95. The second-order valence-electron chi connectivity index (χ2n) is 2.61. The van der Waals surface area contributed by atoms with Crippen LogP contribution < -0.4 is 0 Å². The summed E-state index contributed by atoms with van der Waals surface area (Å²) in [5.74, 6) is -5.61. The van der Waals surface area contributed by atoms with Crippen LogP contribution in [0.2, 0.25) is 0 Å². The number of carbonyl (C=O) groups is 2. The molecule has 0 aliphatic carbocycles. The van der Waals surface area contributed by atoms with E-state index in [4.69, 9.17) is 54.1 Å². The van der Waals surface area contributed by atoms with Crippen molar-refractivity contribution >= 4 is 11.9 Å². The molecular weight excluding hydrogens is 280 g/mol. The SMILES string of the molecule is [2H]C([2H])(C(=O)O)C([2H])([2H])C([2H])([2H])C([2H])([2H])C([2H])([2H])C([2H])([2H])C([2H])([2H])C([2H])([2H])C([2H])([2H])C([2H])([2H])C([2H])([2H])C([2H])([2H])C([2H])([2H])C([2H])([2H])C([2H])([2H])C([2H])([2H])C(=O)O. The fourth-order valence-corrected chi connectivity index (χ4v) is 0.544. The molecule has 0 fully saturated rings. The maximum absolute atomic E-state index is 11.4. The maximum Gasteiger partial charge on any atom is 0.303 e. The minimum atomic E-state index is -5.25. The van der Waals surface area contributed by atoms with Crippen molar-refractivity contribution in [3.05, 3.63) is 0 Å². The Balaban J connectivity index is 7.81. The highest BCUT2D eigenvalue weighted by atomic mass is 16.4. The van der Waals surface area contributed by atoms with Crippen LogP contribution in [0.4, 0.5) is 0 Å². The Kier molecular flexibility index (Phi) is 2.29. The van der Waals surface area contributed by atoms with Crippen LogP contribution >= 0.6 is 0 Å². The maximum atomic E-state index is 11.4. The fraction of sp³-hybridized carbons (Fsp3) is 0.889. The summed E-state index contributed by atoms with van der Waals surface area (Å²) < 4.78 is 254. The van der Waals surface area contributed by atoms with Crippen molar-refractivity contribution in [1.29, 1.82) is 0 Å². The van der Waals surface area contributed by atoms with Crippen LogP contribution in [-0.2, 0) is 9.59 Å². The zero-order valence-electron chi connectivity index (χ0n) is 42.7. The molecule has 0 unspecified atom stereocenters. The summed E-state index contributed by atoms with van der Waals surface area (Å²) in [4.78, 5) is 22.7. The molecule has 0 saturated carbocycles. The smallest absolute Gasteiger partial charge is 0.303 e. The normalized spacial score (nSPS) is 42.7. The summed E-state index contributed by atoms with van der Waals surface area (Å²) in [6.45, 7) is 0. The van der Waals surface area contributed by atoms with E-state index in [9.17, 15) is 9.59 Å². The van der Waals surface area contributed by atoms with E-state index in [1.165, 1.54) is 0 Å². The van der Waals surface area contributed by atoms with E-state index in [2.05, 4.69) is 0 Å². The van der Waals surface area contributed by atoms with E-state index >= 15 is 0 Å². The molecule has 0 saturated heterocycles. The molecule has 2 N–H and O–H groups in total. The summed E-state index contributed by atoms with van der Waals surface area (Å²) in [6.07, 6.45) is -79.8. The molecule has 130 valence electrons. The van der Waals surface area contributed by atoms with Crippen molar-refractivity contribution in [2.24, 2.45) is 0 Å². The molecule has 0 aliphatic heterocycles. The van der Waals surface area contributed by atoms with Gasteiger partial charge in [-0.1, -0.05) is 76.5 Å². The Morgan fingerprint density at radius 1 is 0.500 bits per heavy atom. The summed E-state index contributed by atoms with van der Waals surface area (Å²) in [5, 5.41) is 18.1. The number of hydrogen-bond donors (Lipinski definition) is 2. The predicted octanol–water partition coefficient (Wildman–Crippen LogP) is 5.40. The summed E-state index contributed by atoms with van der Waals surface area (Å²) in [5.41, 5.74) is 0. The quantitative estimate of drug-likeness (QED) is 0.370. The van der Waals surface area contributed by atoms with E-state index in [0.717, 1.165) is 0 Å². The van der Waals surface area contributed by atoms with Gasteiger partial charge in [-0.2, -0.15) is 0 Å². The van der Waals surface area contributed by atoms with Crippen molar-refractivity contribution < 1.29 is 63.7 Å². The first kappa shape index (κ1) is 3.09. The van der Waals surface area contributed by atoms with Crippen LogP contribution in [0.5, 0.6) is 0 Å². The second-order valence-corrected chi connectivity index (χ2v) is 2.61. The molecule has 0 aromatic rings. The number of rotatable bonds is 17. The van der Waals surface area contributed by atoms with Gasteiger partial charge in [0.05, 0.1) is 0 Å². The Morgan fingerprint density at radius 3 is 0.864 bits per heavy atom. The third kappa shape index (κ3) is 18.9. The molecule has 0 heterocycles. The van der Waals surface area contributed by atoms with Crippen molar-refractivity contribution in [1.82, 2.24) is 0 Å². The third-order valence-electron chi connectivity index (χ3n) is 1.15. The topological polar surface area (TPSA) is 74.6 Å². The molecular formula is C18H34O4. The van der Waals surface area contributed by atoms with Crippen LogP contribution in [0, 0.1) is 0 Å². The van der Waals surface area contributed by atoms with Gasteiger partial charge in [-0.15, -0.1) is 0 Å². The fourth-order valence-electron chi connectivity index (χ4n) is 0.544. The van der Waals surface area contributed by atoms with Gasteiger partial charge in [-0.05, 0) is 12.7 Å². The van der Waals surface area contributed by atoms with Crippen LogP contribution in [0.3, 0.4) is 0 Å². The molecule has 0 aliphatic rings. The lowest BCUT2D eigenvalue weighted by atomic mass is 10.0. The number of carboxylic acids is 2. The van der Waals surface area contributed by atoms with E-state index in [-0.39, 0.29) is 0 Å². The largest absolute Gasteiger partial charge is 0.481 e. The third-order valence-corrected chi connectivity index (χ3v) is 1.15. The lowest BCUT2D eigenvalue weighted by molar-refractivity contribution is -0.138. The van der Waals surface area contributed by atoms with Crippen molar-refractivity contribution in [2.75, 3.05) is 0 Å². The Labute approximate surface area is 180 Å². The van der Waals surface area contributed by atoms with Crippen LogP contribution in [0.15, 0.2) is 0 Å². The molecule has 0 spiro atoms. The number of aliphatic carboxylic acids is 2. The van der Waals surface area contributed by atoms with Gasteiger partial charge in [0, 0.05) is 56.6 Å². The molecule has 4 heteroatoms. The van der Waals surface area contributed by atoms with Crippen molar-refractivity contribution in [2.45, 2.75) is 102 Å². The molecule has 0 bridgehead atoms. The van der Waals surface area contributed by atoms with E-state index in [1.54, 1.807) is 0 Å². The van der Waals surface area contributed by atoms with Gasteiger partial charge in [0.25, 0.3) is 0 Å². The summed E-state index contributed by atoms with van der Waals surface area (Å²) >= 11 is 0. The van der Waals surface area contributed by atoms with Crippen LogP contribution in [-0.4, -0.2) is 22.2 Å². The van der Waals surface area contributed by atoms with Crippen LogP contribution in [0.1, 0.15) is 146 Å². The molecule has 0 aromatic carbocycles. The van der Waals surface area contributed by atoms with Crippen molar-refractivity contribution in [3.8, 4) is 0 Å². The first-order chi connectivity index (χ1) is 22.6. The lowest BCUT2D eigenvalue weighted by Crippen LogP contribution is -1.93. The van der Waals surface area contributed by atoms with E-state index < -0.39 is 114 Å². The van der Waals surface area contributed by atoms with Gasteiger partial charge >= 0.3 is 11.9 Å². The molecule has 0 rings (SSSR count). The summed E-state index contributed by atoms with van der Waals surface area (Å²) in [6, 6.07) is 0. The Hall–Kier alpha value is -1.06. The van der Waals surface area contributed by atoms with Gasteiger partial charge in [-0.3, -0.25) is 9.59 Å². The number of hydrogen-bond acceptors (Lipinski definition) is 2. The van der Waals surface area contributed by atoms with Gasteiger partial charge in [0.15, 0.2) is 0 Å². The standard InChI is InChI=1S/C18H34O4/c19-17(20)15-13-11-9-7-5-3-1-2-4-6-8-10-12-14-16-18(21)22/h1-16H2,(H,19,20)(H,21,22)/i1D2,2D2,3D2,4D2,5D2,6D2,7D2,8D2,9D2,10D2,11D2,12D2,13D2,14D2,15D2,16D2. The average molecular weight is 347 g/mol. The minimum absolute atomic E-state index is 2.80. The second kappa shape index (κ2) is 16.3. The minimum Gasteiger partial charge on any atom is -0.481 e. The predicted molar refractivity (Wildman–Crippen MR) is 89.1 cm³/mol. The molecule has 22 heavy (non-hydrogen) atoms. The van der Waals surface area contributed by atoms with E-state index in [1.807, 2.05) is 0 Å². The lowest BCUT2D eigenvalue weighted by Gasteiger charge is -2.03. The number of carboxylic acid groups (broad SMARTS) is 2. The Morgan fingerprint density at radius 2 is 0.682 bits per heavy atom. The monoisotopic (exact) mass is 346 g/mol. The Bertz CT molecular complexity index is 1350. The van der Waals surface area contributed by atoms with Gasteiger partial charge in [0.2, 0.25) is 0 Å². The molecule has 0 amide bonds. The first-order valence-electron chi connectivity index (χ1n) is 21.1. The van der Waals surface area contributed by atoms with E-state index in [0.29, 0.717) is 0 Å². The van der Waals surface area contributed by atoms with Gasteiger partial charge < -0.3 is 10.2 Å². The highest BCUT2D eigenvalue weighted by molar-refractivity contribution is 5.66. The zero-order valence-corrected chi connectivity index (χ0v) is 10.7. The van der Waals surface area contributed by atoms with Gasteiger partial charge in [0.1, 0.15) is 0 Å².